The molecule has 6 nitrogen and oxygen atoms in total. The zero-order chi connectivity index (χ0) is 16.8. The van der Waals surface area contributed by atoms with Crippen molar-refractivity contribution in [3.63, 3.8) is 0 Å². The number of hydrogen-bond donors (Lipinski definition) is 1. The second kappa shape index (κ2) is 7.92. The molecule has 3 rings (SSSR count). The molecule has 2 aromatic rings. The van der Waals surface area contributed by atoms with Crippen molar-refractivity contribution in [3.8, 4) is 17.4 Å². The molecule has 0 radical (unpaired) electrons. The predicted molar refractivity (Wildman–Crippen MR) is 90.8 cm³/mol. The summed E-state index contributed by atoms with van der Waals surface area (Å²) in [5.41, 5.74) is 0.944. The Bertz CT molecular complexity index is 723. The Morgan fingerprint density at radius 3 is 2.92 bits per heavy atom. The zero-order valence-electron chi connectivity index (χ0n) is 13.3. The summed E-state index contributed by atoms with van der Waals surface area (Å²) < 4.78 is 16.1. The predicted octanol–water partition coefficient (Wildman–Crippen LogP) is 2.27. The summed E-state index contributed by atoms with van der Waals surface area (Å²) in [5.74, 6) is 2.32. The van der Waals surface area contributed by atoms with Gasteiger partial charge in [-0.05, 0) is 29.8 Å². The van der Waals surface area contributed by atoms with Gasteiger partial charge in [-0.2, -0.15) is 0 Å². The molecule has 0 unspecified atom stereocenters. The molecule has 1 amide bonds. The number of carbonyl (C=O) groups excluding carboxylic acids is 1. The minimum atomic E-state index is -0.0364. The summed E-state index contributed by atoms with van der Waals surface area (Å²) in [4.78, 5) is 17.0. The lowest BCUT2D eigenvalue weighted by Gasteiger charge is -2.18. The lowest BCUT2D eigenvalue weighted by molar-refractivity contribution is -0.118. The molecule has 0 saturated heterocycles. The summed E-state index contributed by atoms with van der Waals surface area (Å²) in [7, 11) is 1.56. The van der Waals surface area contributed by atoms with Crippen LogP contribution in [0.25, 0.3) is 0 Å². The fourth-order valence-electron chi connectivity index (χ4n) is 2.19. The maximum Gasteiger partial charge on any atom is 0.230 e. The van der Waals surface area contributed by atoms with Crippen LogP contribution in [-0.4, -0.2) is 37.0 Å². The van der Waals surface area contributed by atoms with Crippen molar-refractivity contribution in [2.24, 2.45) is 0 Å². The topological polar surface area (TPSA) is 69.7 Å². The summed E-state index contributed by atoms with van der Waals surface area (Å²) in [6.07, 6.45) is 1.66. The van der Waals surface area contributed by atoms with Gasteiger partial charge in [-0.15, -0.1) is 11.8 Å². The van der Waals surface area contributed by atoms with Gasteiger partial charge in [0.05, 0.1) is 12.9 Å². The number of nitrogens with one attached hydrogen (secondary N) is 1. The van der Waals surface area contributed by atoms with Gasteiger partial charge < -0.3 is 19.5 Å². The zero-order valence-corrected chi connectivity index (χ0v) is 14.1. The molecular formula is C17H18N2O4S. The summed E-state index contributed by atoms with van der Waals surface area (Å²) in [5, 5.41) is 2.88. The van der Waals surface area contributed by atoms with Crippen LogP contribution in [0.3, 0.4) is 0 Å². The van der Waals surface area contributed by atoms with Crippen LogP contribution in [0, 0.1) is 0 Å². The molecule has 0 aliphatic carbocycles. The first-order valence-electron chi connectivity index (χ1n) is 7.52. The molecule has 7 heteroatoms. The van der Waals surface area contributed by atoms with Crippen LogP contribution in [-0.2, 0) is 11.3 Å². The highest BCUT2D eigenvalue weighted by Gasteiger charge is 2.12. The number of aromatic nitrogens is 1. The minimum absolute atomic E-state index is 0.0364. The highest BCUT2D eigenvalue weighted by molar-refractivity contribution is 8.00. The quantitative estimate of drug-likeness (QED) is 0.809. The SMILES string of the molecule is COc1cc(CNC(=O)CSc2ccc3c(c2)OCCO3)ccn1. The molecule has 1 aromatic carbocycles. The van der Waals surface area contributed by atoms with E-state index < -0.39 is 0 Å². The Labute approximate surface area is 144 Å². The van der Waals surface area contributed by atoms with Gasteiger partial charge in [-0.3, -0.25) is 4.79 Å². The number of nitrogens with zero attached hydrogens (tertiary/aromatic N) is 1. The van der Waals surface area contributed by atoms with Crippen LogP contribution in [0.15, 0.2) is 41.4 Å². The number of ether oxygens (including phenoxy) is 3. The third-order valence-electron chi connectivity index (χ3n) is 3.38. The Balaban J connectivity index is 1.48. The van der Waals surface area contributed by atoms with Crippen LogP contribution in [0.5, 0.6) is 17.4 Å². The average molecular weight is 346 g/mol. The molecule has 1 N–H and O–H groups in total. The molecule has 1 aliphatic rings. The Morgan fingerprint density at radius 2 is 2.08 bits per heavy atom. The number of thioether (sulfide) groups is 1. The van der Waals surface area contributed by atoms with E-state index in [0.717, 1.165) is 22.0 Å². The van der Waals surface area contributed by atoms with Gasteiger partial charge in [0.25, 0.3) is 0 Å². The smallest absolute Gasteiger partial charge is 0.230 e. The van der Waals surface area contributed by atoms with Crippen molar-refractivity contribution >= 4 is 17.7 Å². The van der Waals surface area contributed by atoms with E-state index in [1.807, 2.05) is 24.3 Å². The van der Waals surface area contributed by atoms with Gasteiger partial charge in [-0.25, -0.2) is 4.98 Å². The number of rotatable bonds is 6. The maximum absolute atomic E-state index is 12.0. The molecule has 0 saturated carbocycles. The van der Waals surface area contributed by atoms with E-state index >= 15 is 0 Å². The van der Waals surface area contributed by atoms with Gasteiger partial charge in [0, 0.05) is 23.7 Å². The largest absolute Gasteiger partial charge is 0.486 e. The van der Waals surface area contributed by atoms with Crippen LogP contribution < -0.4 is 19.5 Å². The van der Waals surface area contributed by atoms with Crippen LogP contribution in [0.2, 0.25) is 0 Å². The molecule has 2 heterocycles. The van der Waals surface area contributed by atoms with E-state index in [4.69, 9.17) is 14.2 Å². The van der Waals surface area contributed by atoms with E-state index in [9.17, 15) is 4.79 Å². The minimum Gasteiger partial charge on any atom is -0.486 e. The second-order valence-corrected chi connectivity index (χ2v) is 6.13. The van der Waals surface area contributed by atoms with E-state index in [1.165, 1.54) is 11.8 Å². The summed E-state index contributed by atoms with van der Waals surface area (Å²) >= 11 is 1.46. The molecule has 24 heavy (non-hydrogen) atoms. The number of fused-ring (bicyclic) bond motifs is 1. The van der Waals surface area contributed by atoms with Gasteiger partial charge in [-0.1, -0.05) is 0 Å². The molecule has 0 bridgehead atoms. The molecule has 0 spiro atoms. The van der Waals surface area contributed by atoms with Gasteiger partial charge in [0.2, 0.25) is 11.8 Å². The van der Waals surface area contributed by atoms with E-state index in [1.54, 1.807) is 19.4 Å². The summed E-state index contributed by atoms with van der Waals surface area (Å²) in [6.45, 7) is 1.57. The van der Waals surface area contributed by atoms with E-state index in [2.05, 4.69) is 10.3 Å². The Hall–Kier alpha value is -2.41. The molecule has 0 atom stereocenters. The first-order chi connectivity index (χ1) is 11.7. The van der Waals surface area contributed by atoms with Crippen LogP contribution >= 0.6 is 11.8 Å². The maximum atomic E-state index is 12.0. The highest BCUT2D eigenvalue weighted by atomic mass is 32.2. The van der Waals surface area contributed by atoms with Crippen molar-refractivity contribution in [1.82, 2.24) is 10.3 Å². The standard InChI is InChI=1S/C17H18N2O4S/c1-21-17-8-12(4-5-18-17)10-19-16(20)11-24-13-2-3-14-15(9-13)23-7-6-22-14/h2-5,8-9H,6-7,10-11H2,1H3,(H,19,20). The molecule has 126 valence electrons. The fraction of sp³-hybridized carbons (Fsp3) is 0.294. The lowest BCUT2D eigenvalue weighted by Crippen LogP contribution is -2.24. The van der Waals surface area contributed by atoms with Crippen molar-refractivity contribution in [3.05, 3.63) is 42.1 Å². The normalized spacial score (nSPS) is 12.5. The third-order valence-corrected chi connectivity index (χ3v) is 4.38. The number of hydrogen-bond acceptors (Lipinski definition) is 6. The Morgan fingerprint density at radius 1 is 1.25 bits per heavy atom. The molecule has 1 aromatic heterocycles. The molecule has 0 fully saturated rings. The van der Waals surface area contributed by atoms with Crippen molar-refractivity contribution in [1.29, 1.82) is 0 Å². The Kier molecular flexibility index (Phi) is 5.43. The van der Waals surface area contributed by atoms with Crippen LogP contribution in [0.1, 0.15) is 5.56 Å². The first-order valence-corrected chi connectivity index (χ1v) is 8.51. The van der Waals surface area contributed by atoms with Crippen LogP contribution in [0.4, 0.5) is 0 Å². The van der Waals surface area contributed by atoms with Crippen molar-refractivity contribution < 1.29 is 19.0 Å². The lowest BCUT2D eigenvalue weighted by atomic mass is 10.2. The summed E-state index contributed by atoms with van der Waals surface area (Å²) in [6, 6.07) is 9.35. The third kappa shape index (κ3) is 4.32. The van der Waals surface area contributed by atoms with Gasteiger partial charge in [0.1, 0.15) is 13.2 Å². The fourth-order valence-corrected chi connectivity index (χ4v) is 2.94. The number of methoxy groups -OCH3 is 1. The van der Waals surface area contributed by atoms with Crippen molar-refractivity contribution in [2.45, 2.75) is 11.4 Å². The molecular weight excluding hydrogens is 328 g/mol. The first kappa shape index (κ1) is 16.4. The monoisotopic (exact) mass is 346 g/mol. The number of amides is 1. The number of benzene rings is 1. The van der Waals surface area contributed by atoms with E-state index in [-0.39, 0.29) is 5.91 Å². The highest BCUT2D eigenvalue weighted by Crippen LogP contribution is 2.34. The number of carbonyl (C=O) groups is 1. The van der Waals surface area contributed by atoms with E-state index in [0.29, 0.717) is 31.4 Å². The average Bonchev–Trinajstić information content (AvgIpc) is 2.64. The van der Waals surface area contributed by atoms with Crippen molar-refractivity contribution in [2.75, 3.05) is 26.1 Å². The molecule has 1 aliphatic heterocycles. The van der Waals surface area contributed by atoms with Gasteiger partial charge >= 0.3 is 0 Å². The number of pyridine rings is 1. The van der Waals surface area contributed by atoms with Gasteiger partial charge in [0.15, 0.2) is 11.5 Å². The second-order valence-electron chi connectivity index (χ2n) is 5.08.